The van der Waals surface area contributed by atoms with Crippen LogP contribution in [0.5, 0.6) is 5.75 Å². The predicted molar refractivity (Wildman–Crippen MR) is 81.6 cm³/mol. The van der Waals surface area contributed by atoms with E-state index < -0.39 is 0 Å². The first kappa shape index (κ1) is 14.2. The number of rotatable bonds is 3. The summed E-state index contributed by atoms with van der Waals surface area (Å²) in [6.07, 6.45) is 0. The van der Waals surface area contributed by atoms with Gasteiger partial charge in [-0.3, -0.25) is 0 Å². The SMILES string of the molecule is COc1ccc(C(Cl)c2ccc(C)cc2C)c(Cl)c1. The number of alkyl halides is 1. The fourth-order valence-corrected chi connectivity index (χ4v) is 2.89. The number of hydrogen-bond donors (Lipinski definition) is 0. The van der Waals surface area contributed by atoms with Crippen molar-refractivity contribution in [2.75, 3.05) is 7.11 Å². The van der Waals surface area contributed by atoms with Gasteiger partial charge in [-0.1, -0.05) is 41.4 Å². The Morgan fingerprint density at radius 3 is 2.26 bits per heavy atom. The third kappa shape index (κ3) is 3.05. The van der Waals surface area contributed by atoms with Crippen LogP contribution in [-0.2, 0) is 0 Å². The zero-order valence-electron chi connectivity index (χ0n) is 11.2. The van der Waals surface area contributed by atoms with Crippen LogP contribution in [0.15, 0.2) is 36.4 Å². The van der Waals surface area contributed by atoms with E-state index in [0.717, 1.165) is 16.9 Å². The molecule has 0 aromatic heterocycles. The third-order valence-electron chi connectivity index (χ3n) is 3.18. The summed E-state index contributed by atoms with van der Waals surface area (Å²) in [6.45, 7) is 4.13. The molecule has 0 aliphatic rings. The van der Waals surface area contributed by atoms with E-state index in [1.807, 2.05) is 12.1 Å². The number of aryl methyl sites for hydroxylation is 2. The average molecular weight is 295 g/mol. The van der Waals surface area contributed by atoms with Gasteiger partial charge in [-0.05, 0) is 42.7 Å². The number of hydrogen-bond acceptors (Lipinski definition) is 1. The number of benzene rings is 2. The molecule has 1 nitrogen and oxygen atoms in total. The molecule has 2 aromatic rings. The fraction of sp³-hybridized carbons (Fsp3) is 0.250. The molecule has 0 saturated carbocycles. The highest BCUT2D eigenvalue weighted by atomic mass is 35.5. The van der Waals surface area contributed by atoms with Gasteiger partial charge in [0.1, 0.15) is 5.75 Å². The molecule has 0 N–H and O–H groups in total. The first-order chi connectivity index (χ1) is 9.02. The first-order valence-corrected chi connectivity index (χ1v) is 6.89. The highest BCUT2D eigenvalue weighted by Crippen LogP contribution is 2.36. The molecule has 19 heavy (non-hydrogen) atoms. The highest BCUT2D eigenvalue weighted by molar-refractivity contribution is 6.33. The van der Waals surface area contributed by atoms with Crippen LogP contribution in [0, 0.1) is 13.8 Å². The summed E-state index contributed by atoms with van der Waals surface area (Å²) >= 11 is 12.8. The second kappa shape index (κ2) is 5.85. The molecule has 0 bridgehead atoms. The minimum atomic E-state index is -0.251. The molecule has 0 aliphatic heterocycles. The summed E-state index contributed by atoms with van der Waals surface area (Å²) < 4.78 is 5.15. The Morgan fingerprint density at radius 2 is 1.68 bits per heavy atom. The van der Waals surface area contributed by atoms with Crippen LogP contribution in [0.4, 0.5) is 0 Å². The lowest BCUT2D eigenvalue weighted by Crippen LogP contribution is -1.98. The molecule has 1 unspecified atom stereocenters. The molecule has 0 aliphatic carbocycles. The van der Waals surface area contributed by atoms with E-state index >= 15 is 0 Å². The Labute approximate surface area is 124 Å². The Hall–Kier alpha value is -1.18. The highest BCUT2D eigenvalue weighted by Gasteiger charge is 2.16. The van der Waals surface area contributed by atoms with E-state index in [9.17, 15) is 0 Å². The first-order valence-electron chi connectivity index (χ1n) is 6.07. The molecule has 0 saturated heterocycles. The van der Waals surface area contributed by atoms with E-state index in [-0.39, 0.29) is 5.38 Å². The molecule has 3 heteroatoms. The minimum Gasteiger partial charge on any atom is -0.497 e. The van der Waals surface area contributed by atoms with Gasteiger partial charge in [-0.25, -0.2) is 0 Å². The van der Waals surface area contributed by atoms with Crippen molar-refractivity contribution in [2.24, 2.45) is 0 Å². The Bertz CT molecular complexity index is 593. The lowest BCUT2D eigenvalue weighted by molar-refractivity contribution is 0.414. The van der Waals surface area contributed by atoms with Crippen LogP contribution in [0.2, 0.25) is 5.02 Å². The molecular formula is C16H16Cl2O. The zero-order valence-corrected chi connectivity index (χ0v) is 12.7. The van der Waals surface area contributed by atoms with E-state index in [1.165, 1.54) is 11.1 Å². The molecular weight excluding hydrogens is 279 g/mol. The van der Waals surface area contributed by atoms with Gasteiger partial charge in [-0.2, -0.15) is 0 Å². The van der Waals surface area contributed by atoms with Gasteiger partial charge in [0.15, 0.2) is 0 Å². The van der Waals surface area contributed by atoms with Crippen LogP contribution >= 0.6 is 23.2 Å². The number of halogens is 2. The largest absolute Gasteiger partial charge is 0.497 e. The summed E-state index contributed by atoms with van der Waals surface area (Å²) in [5, 5.41) is 0.373. The lowest BCUT2D eigenvalue weighted by atomic mass is 9.98. The monoisotopic (exact) mass is 294 g/mol. The topological polar surface area (TPSA) is 9.23 Å². The number of methoxy groups -OCH3 is 1. The zero-order chi connectivity index (χ0) is 14.0. The Balaban J connectivity index is 2.41. The maximum atomic E-state index is 6.56. The van der Waals surface area contributed by atoms with Gasteiger partial charge in [0, 0.05) is 5.02 Å². The van der Waals surface area contributed by atoms with Crippen molar-refractivity contribution in [3.8, 4) is 5.75 Å². The molecule has 100 valence electrons. The van der Waals surface area contributed by atoms with E-state index in [2.05, 4.69) is 32.0 Å². The van der Waals surface area contributed by atoms with E-state index in [1.54, 1.807) is 13.2 Å². The van der Waals surface area contributed by atoms with Gasteiger partial charge >= 0.3 is 0 Å². The van der Waals surface area contributed by atoms with Gasteiger partial charge < -0.3 is 4.74 Å². The van der Waals surface area contributed by atoms with Crippen molar-refractivity contribution in [2.45, 2.75) is 19.2 Å². The molecule has 0 radical (unpaired) electrons. The predicted octanol–water partition coefficient (Wildman–Crippen LogP) is 5.29. The standard InChI is InChI=1S/C16H16Cl2O/c1-10-4-6-13(11(2)8-10)16(18)14-7-5-12(19-3)9-15(14)17/h4-9,16H,1-3H3. The summed E-state index contributed by atoms with van der Waals surface area (Å²) in [4.78, 5) is 0. The molecule has 0 amide bonds. The van der Waals surface area contributed by atoms with Crippen molar-refractivity contribution in [3.05, 3.63) is 63.7 Å². The maximum Gasteiger partial charge on any atom is 0.120 e. The van der Waals surface area contributed by atoms with Crippen molar-refractivity contribution in [1.82, 2.24) is 0 Å². The molecule has 0 heterocycles. The van der Waals surface area contributed by atoms with Gasteiger partial charge in [-0.15, -0.1) is 11.6 Å². The maximum absolute atomic E-state index is 6.56. The molecule has 2 aromatic carbocycles. The third-order valence-corrected chi connectivity index (χ3v) is 3.98. The van der Waals surface area contributed by atoms with Crippen molar-refractivity contribution < 1.29 is 4.74 Å². The Kier molecular flexibility index (Phi) is 4.38. The lowest BCUT2D eigenvalue weighted by Gasteiger charge is -2.16. The van der Waals surface area contributed by atoms with Crippen LogP contribution < -0.4 is 4.74 Å². The van der Waals surface area contributed by atoms with Gasteiger partial charge in [0.2, 0.25) is 0 Å². The van der Waals surface area contributed by atoms with Crippen molar-refractivity contribution in [1.29, 1.82) is 0 Å². The van der Waals surface area contributed by atoms with Crippen molar-refractivity contribution >= 4 is 23.2 Å². The van der Waals surface area contributed by atoms with Crippen LogP contribution in [-0.4, -0.2) is 7.11 Å². The van der Waals surface area contributed by atoms with Gasteiger partial charge in [0.05, 0.1) is 12.5 Å². The molecule has 0 spiro atoms. The average Bonchev–Trinajstić information content (AvgIpc) is 2.37. The van der Waals surface area contributed by atoms with Crippen LogP contribution in [0.3, 0.4) is 0 Å². The second-order valence-corrected chi connectivity index (χ2v) is 5.45. The number of ether oxygens (including phenoxy) is 1. The molecule has 2 rings (SSSR count). The smallest absolute Gasteiger partial charge is 0.120 e. The van der Waals surface area contributed by atoms with Crippen molar-refractivity contribution in [3.63, 3.8) is 0 Å². The minimum absolute atomic E-state index is 0.251. The fourth-order valence-electron chi connectivity index (χ4n) is 2.12. The Morgan fingerprint density at radius 1 is 1.00 bits per heavy atom. The second-order valence-electron chi connectivity index (χ2n) is 4.61. The molecule has 1 atom stereocenters. The normalized spacial score (nSPS) is 12.3. The molecule has 0 fully saturated rings. The quantitative estimate of drug-likeness (QED) is 0.699. The summed E-state index contributed by atoms with van der Waals surface area (Å²) in [6, 6.07) is 11.8. The van der Waals surface area contributed by atoms with E-state index in [4.69, 9.17) is 27.9 Å². The summed E-state index contributed by atoms with van der Waals surface area (Å²) in [7, 11) is 1.62. The summed E-state index contributed by atoms with van der Waals surface area (Å²) in [5.74, 6) is 0.734. The summed E-state index contributed by atoms with van der Waals surface area (Å²) in [5.41, 5.74) is 4.38. The van der Waals surface area contributed by atoms with Crippen LogP contribution in [0.1, 0.15) is 27.6 Å². The van der Waals surface area contributed by atoms with Crippen LogP contribution in [0.25, 0.3) is 0 Å². The van der Waals surface area contributed by atoms with E-state index in [0.29, 0.717) is 5.02 Å². The van der Waals surface area contributed by atoms with Gasteiger partial charge in [0.25, 0.3) is 0 Å².